The highest BCUT2D eigenvalue weighted by molar-refractivity contribution is 5.79. The maximum Gasteiger partial charge on any atom is 0.104 e. The first-order valence-corrected chi connectivity index (χ1v) is 4.10. The van der Waals surface area contributed by atoms with E-state index in [1.54, 1.807) is 0 Å². The van der Waals surface area contributed by atoms with Crippen LogP contribution in [0, 0.1) is 20.8 Å². The van der Waals surface area contributed by atoms with Gasteiger partial charge in [0.2, 0.25) is 0 Å². The first-order valence-electron chi connectivity index (χ1n) is 4.10. The third-order valence-electron chi connectivity index (χ3n) is 2.04. The number of nitrogens with zero attached hydrogens (tertiary/aromatic N) is 1. The first-order chi connectivity index (χ1) is 5.66. The predicted molar refractivity (Wildman–Crippen MR) is 50.3 cm³/mol. The van der Waals surface area contributed by atoms with Crippen molar-refractivity contribution < 1.29 is 0 Å². The molecule has 2 heteroatoms. The molecule has 0 unspecified atom stereocenters. The number of aromatic amines is 1. The van der Waals surface area contributed by atoms with Gasteiger partial charge in [0.25, 0.3) is 0 Å². The normalized spacial score (nSPS) is 10.9. The molecule has 1 heterocycles. The third kappa shape index (κ3) is 0.998. The van der Waals surface area contributed by atoms with Gasteiger partial charge in [-0.2, -0.15) is 0 Å². The van der Waals surface area contributed by atoms with Crippen molar-refractivity contribution in [2.75, 3.05) is 0 Å². The van der Waals surface area contributed by atoms with E-state index < -0.39 is 0 Å². The number of fused-ring (bicyclic) bond motifs is 1. The molecule has 62 valence electrons. The average Bonchev–Trinajstić information content (AvgIpc) is 2.29. The molecule has 0 saturated carbocycles. The van der Waals surface area contributed by atoms with E-state index in [4.69, 9.17) is 0 Å². The van der Waals surface area contributed by atoms with Crippen LogP contribution in [0.15, 0.2) is 12.1 Å². The van der Waals surface area contributed by atoms with Gasteiger partial charge in [0.05, 0.1) is 11.0 Å². The molecule has 0 saturated heterocycles. The number of aryl methyl sites for hydroxylation is 3. The maximum absolute atomic E-state index is 4.40. The average molecular weight is 160 g/mol. The minimum absolute atomic E-state index is 0.985. The van der Waals surface area contributed by atoms with Gasteiger partial charge in [-0.15, -0.1) is 0 Å². The Hall–Kier alpha value is -1.31. The van der Waals surface area contributed by atoms with Gasteiger partial charge in [0, 0.05) is 0 Å². The summed E-state index contributed by atoms with van der Waals surface area (Å²) in [7, 11) is 0. The van der Waals surface area contributed by atoms with Crippen molar-refractivity contribution in [3.05, 3.63) is 29.1 Å². The zero-order valence-electron chi connectivity index (χ0n) is 7.60. The molecule has 0 spiro atoms. The summed E-state index contributed by atoms with van der Waals surface area (Å²) in [5.41, 5.74) is 4.76. The van der Waals surface area contributed by atoms with Gasteiger partial charge in [-0.05, 0) is 38.0 Å². The Morgan fingerprint density at radius 1 is 1.17 bits per heavy atom. The second kappa shape index (κ2) is 2.34. The van der Waals surface area contributed by atoms with Crippen molar-refractivity contribution in [3.8, 4) is 0 Å². The first kappa shape index (κ1) is 7.35. The summed E-state index contributed by atoms with van der Waals surface area (Å²) in [5.74, 6) is 0.985. The monoisotopic (exact) mass is 160 g/mol. The summed E-state index contributed by atoms with van der Waals surface area (Å²) >= 11 is 0. The van der Waals surface area contributed by atoms with Crippen LogP contribution in [0.1, 0.15) is 17.0 Å². The van der Waals surface area contributed by atoms with Gasteiger partial charge in [0.15, 0.2) is 0 Å². The lowest BCUT2D eigenvalue weighted by Crippen LogP contribution is -1.79. The highest BCUT2D eigenvalue weighted by Crippen LogP contribution is 2.17. The fourth-order valence-corrected chi connectivity index (χ4v) is 1.59. The third-order valence-corrected chi connectivity index (χ3v) is 2.04. The lowest BCUT2D eigenvalue weighted by molar-refractivity contribution is 1.17. The molecule has 0 aliphatic heterocycles. The van der Waals surface area contributed by atoms with Crippen LogP contribution >= 0.6 is 0 Å². The topological polar surface area (TPSA) is 28.7 Å². The number of rotatable bonds is 0. The second-order valence-corrected chi connectivity index (χ2v) is 3.30. The van der Waals surface area contributed by atoms with Crippen LogP contribution in [0.4, 0.5) is 0 Å². The summed E-state index contributed by atoms with van der Waals surface area (Å²) in [4.78, 5) is 7.63. The Kier molecular flexibility index (Phi) is 1.43. The minimum atomic E-state index is 0.985. The molecule has 0 aliphatic carbocycles. The van der Waals surface area contributed by atoms with Gasteiger partial charge in [0.1, 0.15) is 5.82 Å². The van der Waals surface area contributed by atoms with Crippen molar-refractivity contribution in [2.45, 2.75) is 20.8 Å². The largest absolute Gasteiger partial charge is 0.342 e. The van der Waals surface area contributed by atoms with Gasteiger partial charge < -0.3 is 4.98 Å². The number of nitrogens with one attached hydrogen (secondary N) is 1. The smallest absolute Gasteiger partial charge is 0.104 e. The summed E-state index contributed by atoms with van der Waals surface area (Å²) in [6, 6.07) is 4.28. The highest BCUT2D eigenvalue weighted by atomic mass is 14.9. The number of imidazole rings is 1. The van der Waals surface area contributed by atoms with Gasteiger partial charge >= 0.3 is 0 Å². The van der Waals surface area contributed by atoms with Crippen LogP contribution in [0.25, 0.3) is 11.0 Å². The van der Waals surface area contributed by atoms with Gasteiger partial charge in [-0.3, -0.25) is 0 Å². The number of H-pyrrole nitrogens is 1. The van der Waals surface area contributed by atoms with Crippen molar-refractivity contribution in [2.24, 2.45) is 0 Å². The minimum Gasteiger partial charge on any atom is -0.342 e. The Balaban J connectivity index is 2.88. The molecular weight excluding hydrogens is 148 g/mol. The number of hydrogen-bond donors (Lipinski definition) is 1. The van der Waals surface area contributed by atoms with Gasteiger partial charge in [-0.1, -0.05) is 6.07 Å². The van der Waals surface area contributed by atoms with Crippen LogP contribution in [-0.4, -0.2) is 9.97 Å². The van der Waals surface area contributed by atoms with E-state index in [0.717, 1.165) is 16.9 Å². The van der Waals surface area contributed by atoms with E-state index >= 15 is 0 Å². The fourth-order valence-electron chi connectivity index (χ4n) is 1.59. The van der Waals surface area contributed by atoms with E-state index in [9.17, 15) is 0 Å². The van der Waals surface area contributed by atoms with E-state index in [2.05, 4.69) is 35.9 Å². The Bertz CT molecular complexity index is 427. The standard InChI is InChI=1S/C10H12N2/c1-6-4-7(2)10-9(5-6)11-8(3)12-10/h4-5H,1-3H3,(H,11,12). The van der Waals surface area contributed by atoms with E-state index in [0.29, 0.717) is 0 Å². The van der Waals surface area contributed by atoms with E-state index in [1.165, 1.54) is 11.1 Å². The van der Waals surface area contributed by atoms with Crippen LogP contribution in [0.2, 0.25) is 0 Å². The SMILES string of the molecule is Cc1cc(C)c2nc(C)[nH]c2c1. The molecule has 2 aromatic rings. The number of hydrogen-bond acceptors (Lipinski definition) is 1. The molecule has 1 aromatic heterocycles. The van der Waals surface area contributed by atoms with Crippen LogP contribution in [0.5, 0.6) is 0 Å². The lowest BCUT2D eigenvalue weighted by atomic mass is 10.1. The van der Waals surface area contributed by atoms with E-state index in [1.807, 2.05) is 6.92 Å². The molecular formula is C10H12N2. The number of benzene rings is 1. The van der Waals surface area contributed by atoms with Crippen molar-refractivity contribution >= 4 is 11.0 Å². The molecule has 0 fully saturated rings. The molecule has 0 atom stereocenters. The van der Waals surface area contributed by atoms with Crippen molar-refractivity contribution in [1.29, 1.82) is 0 Å². The summed E-state index contributed by atoms with van der Waals surface area (Å²) in [6.45, 7) is 6.17. The highest BCUT2D eigenvalue weighted by Gasteiger charge is 2.02. The predicted octanol–water partition coefficient (Wildman–Crippen LogP) is 2.49. The zero-order chi connectivity index (χ0) is 8.72. The van der Waals surface area contributed by atoms with Crippen molar-refractivity contribution in [3.63, 3.8) is 0 Å². The summed E-state index contributed by atoms with van der Waals surface area (Å²) in [5, 5.41) is 0. The molecule has 2 nitrogen and oxygen atoms in total. The molecule has 12 heavy (non-hydrogen) atoms. The number of aromatic nitrogens is 2. The quantitative estimate of drug-likeness (QED) is 0.630. The van der Waals surface area contributed by atoms with Crippen molar-refractivity contribution in [1.82, 2.24) is 9.97 Å². The van der Waals surface area contributed by atoms with Crippen LogP contribution in [-0.2, 0) is 0 Å². The lowest BCUT2D eigenvalue weighted by Gasteiger charge is -1.96. The molecule has 1 aromatic carbocycles. The molecule has 2 rings (SSSR count). The second-order valence-electron chi connectivity index (χ2n) is 3.30. The Morgan fingerprint density at radius 3 is 2.67 bits per heavy atom. The van der Waals surface area contributed by atoms with Gasteiger partial charge in [-0.25, -0.2) is 4.98 Å². The molecule has 0 aliphatic rings. The van der Waals surface area contributed by atoms with E-state index in [-0.39, 0.29) is 0 Å². The maximum atomic E-state index is 4.40. The molecule has 1 N–H and O–H groups in total. The molecule has 0 radical (unpaired) electrons. The Labute approximate surface area is 71.6 Å². The fraction of sp³-hybridized carbons (Fsp3) is 0.300. The molecule has 0 bridgehead atoms. The molecule has 0 amide bonds. The van der Waals surface area contributed by atoms with Crippen LogP contribution < -0.4 is 0 Å². The summed E-state index contributed by atoms with van der Waals surface area (Å²) < 4.78 is 0. The zero-order valence-corrected chi connectivity index (χ0v) is 7.60. The summed E-state index contributed by atoms with van der Waals surface area (Å²) in [6.07, 6.45) is 0. The Morgan fingerprint density at radius 2 is 1.92 bits per heavy atom. The van der Waals surface area contributed by atoms with Crippen LogP contribution in [0.3, 0.4) is 0 Å².